The summed E-state index contributed by atoms with van der Waals surface area (Å²) in [5.74, 6) is 3.01. The summed E-state index contributed by atoms with van der Waals surface area (Å²) in [6.07, 6.45) is 0.228. The molecule has 0 spiro atoms. The first kappa shape index (κ1) is 20.9. The van der Waals surface area contributed by atoms with Crippen LogP contribution >= 0.6 is 0 Å². The number of aliphatic hydroxyl groups excluding tert-OH is 1. The van der Waals surface area contributed by atoms with Crippen molar-refractivity contribution in [2.24, 2.45) is 11.8 Å². The third-order valence-corrected chi connectivity index (χ3v) is 5.15. The molecular weight excluding hydrogens is 344 g/mol. The minimum Gasteiger partial charge on any atom is -0.493 e. The lowest BCUT2D eigenvalue weighted by Gasteiger charge is -2.26. The molecule has 0 amide bonds. The molecule has 148 valence electrons. The second-order valence-electron chi connectivity index (χ2n) is 6.79. The summed E-state index contributed by atoms with van der Waals surface area (Å²) in [6, 6.07) is 11.5. The molecule has 0 radical (unpaired) electrons. The highest BCUT2D eigenvalue weighted by molar-refractivity contribution is 5.44. The number of aliphatic hydroxyl groups is 1. The lowest BCUT2D eigenvalue weighted by molar-refractivity contribution is 0.0869. The smallest absolute Gasteiger partial charge is 0.161 e. The molecule has 0 saturated carbocycles. The molecule has 0 aromatic heterocycles. The molecular formula is C22H30O5. The summed E-state index contributed by atoms with van der Waals surface area (Å²) < 4.78 is 21.3. The zero-order valence-corrected chi connectivity index (χ0v) is 17.0. The van der Waals surface area contributed by atoms with Crippen LogP contribution in [-0.2, 0) is 6.42 Å². The van der Waals surface area contributed by atoms with Crippen molar-refractivity contribution in [3.05, 3.63) is 47.5 Å². The molecule has 5 heteroatoms. The van der Waals surface area contributed by atoms with E-state index in [0.717, 1.165) is 23.3 Å². The second-order valence-corrected chi connectivity index (χ2v) is 6.79. The van der Waals surface area contributed by atoms with Crippen LogP contribution in [0.25, 0.3) is 0 Å². The van der Waals surface area contributed by atoms with Gasteiger partial charge >= 0.3 is 0 Å². The monoisotopic (exact) mass is 374 g/mol. The first-order chi connectivity index (χ1) is 12.9. The SMILES string of the molecule is COc1ccc(C[C@@H](C)[C@H](C)[C@H](O)c2ccc(OC)c(OC)c2)cc1OC. The molecule has 0 aliphatic heterocycles. The second kappa shape index (κ2) is 9.51. The van der Waals surface area contributed by atoms with Crippen molar-refractivity contribution in [1.82, 2.24) is 0 Å². The highest BCUT2D eigenvalue weighted by Crippen LogP contribution is 2.36. The van der Waals surface area contributed by atoms with Gasteiger partial charge in [-0.1, -0.05) is 26.0 Å². The quantitative estimate of drug-likeness (QED) is 0.710. The Morgan fingerprint density at radius 2 is 1.26 bits per heavy atom. The zero-order chi connectivity index (χ0) is 20.0. The fraction of sp³-hybridized carbons (Fsp3) is 0.455. The van der Waals surface area contributed by atoms with Gasteiger partial charge in [0.25, 0.3) is 0 Å². The Labute approximate surface area is 161 Å². The van der Waals surface area contributed by atoms with Crippen molar-refractivity contribution in [3.8, 4) is 23.0 Å². The Balaban J connectivity index is 2.13. The lowest BCUT2D eigenvalue weighted by atomic mass is 9.83. The molecule has 27 heavy (non-hydrogen) atoms. The van der Waals surface area contributed by atoms with Crippen molar-refractivity contribution in [2.45, 2.75) is 26.4 Å². The number of hydrogen-bond acceptors (Lipinski definition) is 5. The minimum atomic E-state index is -0.597. The van der Waals surface area contributed by atoms with Gasteiger partial charge in [-0.3, -0.25) is 0 Å². The van der Waals surface area contributed by atoms with E-state index in [0.29, 0.717) is 17.2 Å². The predicted octanol–water partition coefficient (Wildman–Crippen LogP) is 4.27. The van der Waals surface area contributed by atoms with Crippen LogP contribution in [-0.4, -0.2) is 33.5 Å². The van der Waals surface area contributed by atoms with Gasteiger partial charge in [-0.15, -0.1) is 0 Å². The Morgan fingerprint density at radius 1 is 0.741 bits per heavy atom. The van der Waals surface area contributed by atoms with E-state index in [4.69, 9.17) is 18.9 Å². The van der Waals surface area contributed by atoms with Gasteiger partial charge in [-0.2, -0.15) is 0 Å². The fourth-order valence-corrected chi connectivity index (χ4v) is 3.22. The fourth-order valence-electron chi connectivity index (χ4n) is 3.22. The van der Waals surface area contributed by atoms with E-state index in [2.05, 4.69) is 13.8 Å². The lowest BCUT2D eigenvalue weighted by Crippen LogP contribution is -2.19. The summed E-state index contributed by atoms with van der Waals surface area (Å²) in [5.41, 5.74) is 1.96. The summed E-state index contributed by atoms with van der Waals surface area (Å²) in [7, 11) is 6.45. The highest BCUT2D eigenvalue weighted by Gasteiger charge is 2.24. The van der Waals surface area contributed by atoms with Crippen LogP contribution in [0.2, 0.25) is 0 Å². The van der Waals surface area contributed by atoms with E-state index in [1.54, 1.807) is 28.4 Å². The molecule has 0 fully saturated rings. The molecule has 0 unspecified atom stereocenters. The van der Waals surface area contributed by atoms with Gasteiger partial charge in [-0.25, -0.2) is 0 Å². The molecule has 0 bridgehead atoms. The van der Waals surface area contributed by atoms with Gasteiger partial charge in [0.05, 0.1) is 34.5 Å². The van der Waals surface area contributed by atoms with Crippen LogP contribution in [0.15, 0.2) is 36.4 Å². The van der Waals surface area contributed by atoms with Crippen LogP contribution in [0.5, 0.6) is 23.0 Å². The van der Waals surface area contributed by atoms with Crippen molar-refractivity contribution >= 4 is 0 Å². The first-order valence-corrected chi connectivity index (χ1v) is 9.06. The van der Waals surface area contributed by atoms with Crippen LogP contribution in [0.3, 0.4) is 0 Å². The van der Waals surface area contributed by atoms with Crippen LogP contribution in [0.1, 0.15) is 31.1 Å². The molecule has 2 rings (SSSR count). The summed E-state index contributed by atoms with van der Waals surface area (Å²) in [5, 5.41) is 10.9. The minimum absolute atomic E-state index is 0.0520. The maximum absolute atomic E-state index is 10.9. The maximum Gasteiger partial charge on any atom is 0.161 e. The number of rotatable bonds is 9. The number of ether oxygens (including phenoxy) is 4. The molecule has 5 nitrogen and oxygen atoms in total. The Bertz CT molecular complexity index is 743. The van der Waals surface area contributed by atoms with Gasteiger partial charge in [0.15, 0.2) is 23.0 Å². The van der Waals surface area contributed by atoms with E-state index in [1.165, 1.54) is 0 Å². The summed E-state index contributed by atoms with van der Waals surface area (Å²) in [4.78, 5) is 0. The van der Waals surface area contributed by atoms with Gasteiger partial charge < -0.3 is 24.1 Å². The van der Waals surface area contributed by atoms with Crippen molar-refractivity contribution in [1.29, 1.82) is 0 Å². The molecule has 1 N–H and O–H groups in total. The molecule has 2 aromatic rings. The molecule has 3 atom stereocenters. The van der Waals surface area contributed by atoms with Crippen molar-refractivity contribution in [3.63, 3.8) is 0 Å². The Morgan fingerprint density at radius 3 is 1.81 bits per heavy atom. The summed E-state index contributed by atoms with van der Waals surface area (Å²) >= 11 is 0. The first-order valence-electron chi connectivity index (χ1n) is 9.06. The topological polar surface area (TPSA) is 57.2 Å². The molecule has 0 heterocycles. The largest absolute Gasteiger partial charge is 0.493 e. The van der Waals surface area contributed by atoms with Gasteiger partial charge in [0, 0.05) is 0 Å². The van der Waals surface area contributed by atoms with Crippen molar-refractivity contribution in [2.75, 3.05) is 28.4 Å². The third kappa shape index (κ3) is 4.86. The van der Waals surface area contributed by atoms with Crippen molar-refractivity contribution < 1.29 is 24.1 Å². The predicted molar refractivity (Wildman–Crippen MR) is 106 cm³/mol. The van der Waals surface area contributed by atoms with Crippen LogP contribution in [0.4, 0.5) is 0 Å². The molecule has 2 aromatic carbocycles. The Hall–Kier alpha value is -2.40. The van der Waals surface area contributed by atoms with E-state index in [1.807, 2.05) is 36.4 Å². The van der Waals surface area contributed by atoms with E-state index in [-0.39, 0.29) is 11.8 Å². The van der Waals surface area contributed by atoms with Crippen LogP contribution in [0, 0.1) is 11.8 Å². The van der Waals surface area contributed by atoms with Crippen LogP contribution < -0.4 is 18.9 Å². The van der Waals surface area contributed by atoms with E-state index < -0.39 is 6.10 Å². The number of hydrogen-bond donors (Lipinski definition) is 1. The van der Waals surface area contributed by atoms with Gasteiger partial charge in [0.2, 0.25) is 0 Å². The highest BCUT2D eigenvalue weighted by atomic mass is 16.5. The standard InChI is InChI=1S/C22H30O5/c1-14(11-16-7-9-18(24-3)20(12-16)26-5)15(2)22(23)17-8-10-19(25-4)21(13-17)27-6/h7-10,12-15,22-23H,11H2,1-6H3/t14-,15+,22+/m1/s1. The zero-order valence-electron chi connectivity index (χ0n) is 17.0. The molecule has 0 aliphatic carbocycles. The number of methoxy groups -OCH3 is 4. The third-order valence-electron chi connectivity index (χ3n) is 5.15. The maximum atomic E-state index is 10.9. The van der Waals surface area contributed by atoms with Gasteiger partial charge in [-0.05, 0) is 53.6 Å². The molecule has 0 aliphatic rings. The average molecular weight is 374 g/mol. The van der Waals surface area contributed by atoms with E-state index >= 15 is 0 Å². The van der Waals surface area contributed by atoms with Gasteiger partial charge in [0.1, 0.15) is 0 Å². The van der Waals surface area contributed by atoms with E-state index in [9.17, 15) is 5.11 Å². The Kier molecular flexibility index (Phi) is 7.36. The molecule has 0 saturated heterocycles. The number of benzene rings is 2. The average Bonchev–Trinajstić information content (AvgIpc) is 2.71. The summed E-state index contributed by atoms with van der Waals surface area (Å²) in [6.45, 7) is 4.21. The normalized spacial score (nSPS) is 14.2.